The molecule has 0 bridgehead atoms. The van der Waals surface area contributed by atoms with Gasteiger partial charge in [0.1, 0.15) is 5.75 Å². The highest BCUT2D eigenvalue weighted by atomic mass is 79.9. The van der Waals surface area contributed by atoms with Crippen molar-refractivity contribution < 1.29 is 4.74 Å². The molecular formula is C16H23BrN2O. The molecule has 1 aliphatic heterocycles. The van der Waals surface area contributed by atoms with Gasteiger partial charge in [-0.2, -0.15) is 0 Å². The van der Waals surface area contributed by atoms with Gasteiger partial charge in [0.15, 0.2) is 0 Å². The maximum absolute atomic E-state index is 5.47. The van der Waals surface area contributed by atoms with Crippen molar-refractivity contribution in [3.63, 3.8) is 0 Å². The number of rotatable bonds is 5. The lowest BCUT2D eigenvalue weighted by Crippen LogP contribution is -2.46. The molecule has 4 heteroatoms. The summed E-state index contributed by atoms with van der Waals surface area (Å²) in [6.07, 6.45) is 2.91. The predicted octanol–water partition coefficient (Wildman–Crippen LogP) is 2.99. The van der Waals surface area contributed by atoms with Crippen molar-refractivity contribution in [3.8, 4) is 5.75 Å². The Kier molecular flexibility index (Phi) is 4.64. The largest absolute Gasteiger partial charge is 0.496 e. The third kappa shape index (κ3) is 3.74. The second kappa shape index (κ2) is 6.46. The summed E-state index contributed by atoms with van der Waals surface area (Å²) in [5.41, 5.74) is 1.28. The third-order valence-electron chi connectivity index (χ3n) is 4.31. The first kappa shape index (κ1) is 14.4. The molecule has 2 aliphatic rings. The van der Waals surface area contributed by atoms with E-state index in [4.69, 9.17) is 4.74 Å². The van der Waals surface area contributed by atoms with Gasteiger partial charge < -0.3 is 9.64 Å². The van der Waals surface area contributed by atoms with Crippen molar-refractivity contribution in [3.05, 3.63) is 28.2 Å². The van der Waals surface area contributed by atoms with Crippen LogP contribution in [0.4, 0.5) is 0 Å². The number of methoxy groups -OCH3 is 1. The van der Waals surface area contributed by atoms with Gasteiger partial charge >= 0.3 is 0 Å². The zero-order valence-corrected chi connectivity index (χ0v) is 13.7. The van der Waals surface area contributed by atoms with Crippen molar-refractivity contribution in [1.82, 2.24) is 9.80 Å². The van der Waals surface area contributed by atoms with Gasteiger partial charge in [0, 0.05) is 49.3 Å². The smallest absolute Gasteiger partial charge is 0.123 e. The van der Waals surface area contributed by atoms with Gasteiger partial charge in [-0.05, 0) is 37.0 Å². The maximum atomic E-state index is 5.47. The molecule has 3 rings (SSSR count). The second-order valence-corrected chi connectivity index (χ2v) is 6.89. The summed E-state index contributed by atoms with van der Waals surface area (Å²) in [6.45, 7) is 7.08. The molecule has 0 N–H and O–H groups in total. The summed E-state index contributed by atoms with van der Waals surface area (Å²) in [7, 11) is 1.75. The molecule has 0 spiro atoms. The average molecular weight is 339 g/mol. The fourth-order valence-electron chi connectivity index (χ4n) is 2.91. The number of halogens is 1. The number of hydrogen-bond acceptors (Lipinski definition) is 3. The summed E-state index contributed by atoms with van der Waals surface area (Å²) < 4.78 is 6.59. The highest BCUT2D eigenvalue weighted by Crippen LogP contribution is 2.30. The fraction of sp³-hybridized carbons (Fsp3) is 0.625. The van der Waals surface area contributed by atoms with Crippen molar-refractivity contribution in [1.29, 1.82) is 0 Å². The SMILES string of the molecule is COc1ccc(Br)cc1CN1CCN(CC2CC2)CC1. The van der Waals surface area contributed by atoms with Crippen LogP contribution in [0.2, 0.25) is 0 Å². The first-order valence-corrected chi connectivity index (χ1v) is 8.31. The van der Waals surface area contributed by atoms with E-state index < -0.39 is 0 Å². The average Bonchev–Trinajstić information content (AvgIpc) is 3.25. The number of ether oxygens (including phenoxy) is 1. The number of hydrogen-bond donors (Lipinski definition) is 0. The van der Waals surface area contributed by atoms with Crippen LogP contribution in [0.15, 0.2) is 22.7 Å². The Morgan fingerprint density at radius 3 is 2.50 bits per heavy atom. The normalized spacial score (nSPS) is 21.1. The first-order valence-electron chi connectivity index (χ1n) is 7.52. The van der Waals surface area contributed by atoms with Gasteiger partial charge in [0.25, 0.3) is 0 Å². The van der Waals surface area contributed by atoms with E-state index in [2.05, 4.69) is 31.8 Å². The van der Waals surface area contributed by atoms with Crippen LogP contribution in [0.5, 0.6) is 5.75 Å². The minimum Gasteiger partial charge on any atom is -0.496 e. The minimum atomic E-state index is 0.986. The van der Waals surface area contributed by atoms with E-state index in [1.165, 1.54) is 51.1 Å². The van der Waals surface area contributed by atoms with E-state index in [0.29, 0.717) is 0 Å². The molecule has 2 fully saturated rings. The van der Waals surface area contributed by atoms with Crippen molar-refractivity contribution in [2.45, 2.75) is 19.4 Å². The molecule has 1 aliphatic carbocycles. The van der Waals surface area contributed by atoms with Crippen molar-refractivity contribution in [2.24, 2.45) is 5.92 Å². The van der Waals surface area contributed by atoms with Gasteiger partial charge in [-0.25, -0.2) is 0 Å². The van der Waals surface area contributed by atoms with Gasteiger partial charge in [-0.1, -0.05) is 15.9 Å². The molecule has 0 aromatic heterocycles. The maximum Gasteiger partial charge on any atom is 0.123 e. The summed E-state index contributed by atoms with van der Waals surface area (Å²) >= 11 is 3.55. The molecule has 20 heavy (non-hydrogen) atoms. The van der Waals surface area contributed by atoms with Crippen LogP contribution in [0.25, 0.3) is 0 Å². The summed E-state index contributed by atoms with van der Waals surface area (Å²) in [5, 5.41) is 0. The van der Waals surface area contributed by atoms with Crippen molar-refractivity contribution in [2.75, 3.05) is 39.8 Å². The Morgan fingerprint density at radius 2 is 1.85 bits per heavy atom. The number of piperazine rings is 1. The molecule has 0 radical (unpaired) electrons. The summed E-state index contributed by atoms with van der Waals surface area (Å²) in [6, 6.07) is 6.26. The zero-order valence-electron chi connectivity index (χ0n) is 12.1. The number of nitrogens with zero attached hydrogens (tertiary/aromatic N) is 2. The van der Waals surface area contributed by atoms with Gasteiger partial charge in [-0.15, -0.1) is 0 Å². The van der Waals surface area contributed by atoms with Gasteiger partial charge in [0.2, 0.25) is 0 Å². The third-order valence-corrected chi connectivity index (χ3v) is 4.81. The first-order chi connectivity index (χ1) is 9.74. The van der Waals surface area contributed by atoms with Crippen LogP contribution < -0.4 is 4.74 Å². The highest BCUT2D eigenvalue weighted by Gasteiger charge is 2.26. The minimum absolute atomic E-state index is 0.986. The topological polar surface area (TPSA) is 15.7 Å². The second-order valence-electron chi connectivity index (χ2n) is 5.98. The van der Waals surface area contributed by atoms with Crippen LogP contribution in [-0.4, -0.2) is 49.6 Å². The molecule has 1 aromatic carbocycles. The van der Waals surface area contributed by atoms with E-state index in [1.54, 1.807) is 7.11 Å². The Labute approximate surface area is 130 Å². The monoisotopic (exact) mass is 338 g/mol. The van der Waals surface area contributed by atoms with Crippen molar-refractivity contribution >= 4 is 15.9 Å². The zero-order chi connectivity index (χ0) is 13.9. The molecule has 3 nitrogen and oxygen atoms in total. The van der Waals surface area contributed by atoms with Crippen LogP contribution in [-0.2, 0) is 6.54 Å². The van der Waals surface area contributed by atoms with E-state index in [0.717, 1.165) is 22.7 Å². The molecule has 1 saturated carbocycles. The summed E-state index contributed by atoms with van der Waals surface area (Å²) in [4.78, 5) is 5.17. The molecule has 0 amide bonds. The van der Waals surface area contributed by atoms with Gasteiger partial charge in [0.05, 0.1) is 7.11 Å². The lowest BCUT2D eigenvalue weighted by Gasteiger charge is -2.35. The molecule has 1 heterocycles. The van der Waals surface area contributed by atoms with Crippen LogP contribution in [0, 0.1) is 5.92 Å². The van der Waals surface area contributed by atoms with Crippen LogP contribution in [0.3, 0.4) is 0 Å². The molecular weight excluding hydrogens is 316 g/mol. The molecule has 1 saturated heterocycles. The van der Waals surface area contributed by atoms with Crippen LogP contribution >= 0.6 is 15.9 Å². The Bertz CT molecular complexity index is 454. The Morgan fingerprint density at radius 1 is 1.15 bits per heavy atom. The Hall–Kier alpha value is -0.580. The quantitative estimate of drug-likeness (QED) is 0.820. The lowest BCUT2D eigenvalue weighted by molar-refractivity contribution is 0.122. The fourth-order valence-corrected chi connectivity index (χ4v) is 3.32. The van der Waals surface area contributed by atoms with Crippen LogP contribution in [0.1, 0.15) is 18.4 Å². The molecule has 0 atom stereocenters. The lowest BCUT2D eigenvalue weighted by atomic mass is 10.1. The molecule has 110 valence electrons. The molecule has 0 unspecified atom stereocenters. The van der Waals surface area contributed by atoms with E-state index in [9.17, 15) is 0 Å². The summed E-state index contributed by atoms with van der Waals surface area (Å²) in [5.74, 6) is 2.00. The number of benzene rings is 1. The van der Waals surface area contributed by atoms with E-state index in [-0.39, 0.29) is 0 Å². The standard InChI is InChI=1S/C16H23BrN2O/c1-20-16-5-4-15(17)10-14(16)12-19-8-6-18(7-9-19)11-13-2-3-13/h4-5,10,13H,2-3,6-9,11-12H2,1H3. The van der Waals surface area contributed by atoms with E-state index in [1.807, 2.05) is 12.1 Å². The predicted molar refractivity (Wildman–Crippen MR) is 85.1 cm³/mol. The Balaban J connectivity index is 1.54. The molecule has 1 aromatic rings. The van der Waals surface area contributed by atoms with E-state index >= 15 is 0 Å². The highest BCUT2D eigenvalue weighted by molar-refractivity contribution is 9.10. The van der Waals surface area contributed by atoms with Gasteiger partial charge in [-0.3, -0.25) is 4.90 Å².